The molecular weight excluding hydrogens is 215 g/mol. The van der Waals surface area contributed by atoms with Crippen molar-refractivity contribution in [3.63, 3.8) is 0 Å². The van der Waals surface area contributed by atoms with Crippen LogP contribution in [0.1, 0.15) is 11.9 Å². The molecule has 84 valence electrons. The summed E-state index contributed by atoms with van der Waals surface area (Å²) in [7, 11) is 0. The highest BCUT2D eigenvalue weighted by atomic mass is 19.1. The van der Waals surface area contributed by atoms with Crippen molar-refractivity contribution in [1.29, 1.82) is 0 Å². The number of aliphatic hydroxyl groups excluding tert-OH is 1. The molecule has 0 amide bonds. The van der Waals surface area contributed by atoms with Crippen LogP contribution >= 0.6 is 0 Å². The molecule has 0 aliphatic heterocycles. The van der Waals surface area contributed by atoms with Gasteiger partial charge in [-0.1, -0.05) is 5.16 Å². The first-order valence-electron chi connectivity index (χ1n) is 4.52. The van der Waals surface area contributed by atoms with Crippen molar-refractivity contribution >= 4 is 0 Å². The summed E-state index contributed by atoms with van der Waals surface area (Å²) in [5.74, 6) is -0.123. The molecule has 0 aromatic carbocycles. The van der Waals surface area contributed by atoms with E-state index in [-0.39, 0.29) is 18.3 Å². The van der Waals surface area contributed by atoms with Gasteiger partial charge in [0.1, 0.15) is 17.6 Å². The number of hydrogen-bond acceptors (Lipinski definition) is 6. The van der Waals surface area contributed by atoms with Gasteiger partial charge in [-0.2, -0.15) is 4.98 Å². The lowest BCUT2D eigenvalue weighted by Gasteiger charge is -1.98. The van der Waals surface area contributed by atoms with Gasteiger partial charge in [0.25, 0.3) is 0 Å². The van der Waals surface area contributed by atoms with Gasteiger partial charge >= 0.3 is 0 Å². The first kappa shape index (κ1) is 10.7. The van der Waals surface area contributed by atoms with E-state index in [9.17, 15) is 4.39 Å². The fourth-order valence-electron chi connectivity index (χ4n) is 1.08. The van der Waals surface area contributed by atoms with Gasteiger partial charge in [-0.15, -0.1) is 0 Å². The second kappa shape index (κ2) is 4.33. The second-order valence-electron chi connectivity index (χ2n) is 3.11. The number of hydrogen-bond donors (Lipinski definition) is 2. The SMILES string of the molecule is NC(CO)c1nc(-c2ccc(F)cn2)no1. The number of halogens is 1. The largest absolute Gasteiger partial charge is 0.394 e. The lowest BCUT2D eigenvalue weighted by Crippen LogP contribution is -2.14. The van der Waals surface area contributed by atoms with Crippen molar-refractivity contribution in [2.45, 2.75) is 6.04 Å². The Bertz CT molecular complexity index is 471. The van der Waals surface area contributed by atoms with Gasteiger partial charge in [-0.25, -0.2) is 9.37 Å². The van der Waals surface area contributed by atoms with E-state index in [1.807, 2.05) is 0 Å². The highest BCUT2D eigenvalue weighted by Crippen LogP contribution is 2.15. The topological polar surface area (TPSA) is 98.1 Å². The zero-order valence-electron chi connectivity index (χ0n) is 8.17. The number of aromatic nitrogens is 3. The van der Waals surface area contributed by atoms with Crippen molar-refractivity contribution in [3.8, 4) is 11.5 Å². The number of aliphatic hydroxyl groups is 1. The standard InChI is InChI=1S/C9H9FN4O2/c10-5-1-2-7(12-3-5)8-13-9(16-14-8)6(11)4-15/h1-3,6,15H,4,11H2. The average molecular weight is 224 g/mol. The fourth-order valence-corrected chi connectivity index (χ4v) is 1.08. The number of pyridine rings is 1. The monoisotopic (exact) mass is 224 g/mol. The van der Waals surface area contributed by atoms with Crippen LogP contribution in [0.2, 0.25) is 0 Å². The van der Waals surface area contributed by atoms with E-state index in [4.69, 9.17) is 15.4 Å². The molecule has 0 bridgehead atoms. The summed E-state index contributed by atoms with van der Waals surface area (Å²) in [5.41, 5.74) is 5.86. The van der Waals surface area contributed by atoms with E-state index in [0.717, 1.165) is 6.20 Å². The van der Waals surface area contributed by atoms with Crippen LogP contribution < -0.4 is 5.73 Å². The Morgan fingerprint density at radius 1 is 1.50 bits per heavy atom. The molecule has 0 spiro atoms. The first-order chi connectivity index (χ1) is 7.70. The minimum atomic E-state index is -0.721. The summed E-state index contributed by atoms with van der Waals surface area (Å²) in [6.45, 7) is -0.293. The lowest BCUT2D eigenvalue weighted by molar-refractivity contribution is 0.237. The maximum Gasteiger partial charge on any atom is 0.246 e. The highest BCUT2D eigenvalue weighted by Gasteiger charge is 2.15. The molecule has 2 rings (SSSR count). The number of nitrogens with two attached hydrogens (primary N) is 1. The van der Waals surface area contributed by atoms with Crippen LogP contribution in [0.4, 0.5) is 4.39 Å². The van der Waals surface area contributed by atoms with Gasteiger partial charge in [0.15, 0.2) is 0 Å². The molecule has 6 nitrogen and oxygen atoms in total. The summed E-state index contributed by atoms with van der Waals surface area (Å²) in [4.78, 5) is 7.72. The van der Waals surface area contributed by atoms with Crippen LogP contribution in [0.25, 0.3) is 11.5 Å². The predicted octanol–water partition coefficient (Wildman–Crippen LogP) is 0.263. The molecule has 0 fully saturated rings. The van der Waals surface area contributed by atoms with Crippen molar-refractivity contribution in [3.05, 3.63) is 30.0 Å². The van der Waals surface area contributed by atoms with Crippen LogP contribution in [0, 0.1) is 5.82 Å². The van der Waals surface area contributed by atoms with Crippen LogP contribution in [0.3, 0.4) is 0 Å². The summed E-state index contributed by atoms with van der Waals surface area (Å²) in [6, 6.07) is 1.94. The lowest BCUT2D eigenvalue weighted by atomic mass is 10.3. The van der Waals surface area contributed by atoms with Crippen LogP contribution in [-0.2, 0) is 0 Å². The maximum absolute atomic E-state index is 12.6. The molecule has 2 aromatic heterocycles. The van der Waals surface area contributed by atoms with Gasteiger partial charge in [-0.3, -0.25) is 0 Å². The molecule has 1 atom stereocenters. The first-order valence-corrected chi connectivity index (χ1v) is 4.52. The van der Waals surface area contributed by atoms with Gasteiger partial charge < -0.3 is 15.4 Å². The van der Waals surface area contributed by atoms with Gasteiger partial charge in [-0.05, 0) is 12.1 Å². The fraction of sp³-hybridized carbons (Fsp3) is 0.222. The van der Waals surface area contributed by atoms with Crippen LogP contribution in [0.5, 0.6) is 0 Å². The molecule has 0 saturated carbocycles. The Morgan fingerprint density at radius 3 is 2.94 bits per heavy atom. The van der Waals surface area contributed by atoms with Crippen molar-refractivity contribution in [2.75, 3.05) is 6.61 Å². The zero-order valence-corrected chi connectivity index (χ0v) is 8.17. The third-order valence-corrected chi connectivity index (χ3v) is 1.91. The number of nitrogens with zero attached hydrogens (tertiary/aromatic N) is 3. The van der Waals surface area contributed by atoms with E-state index in [1.54, 1.807) is 0 Å². The molecule has 0 saturated heterocycles. The van der Waals surface area contributed by atoms with Crippen LogP contribution in [-0.4, -0.2) is 26.8 Å². The van der Waals surface area contributed by atoms with E-state index < -0.39 is 11.9 Å². The highest BCUT2D eigenvalue weighted by molar-refractivity contribution is 5.47. The van der Waals surface area contributed by atoms with E-state index in [1.165, 1.54) is 12.1 Å². The molecule has 1 unspecified atom stereocenters. The van der Waals surface area contributed by atoms with Gasteiger partial charge in [0, 0.05) is 0 Å². The molecule has 2 heterocycles. The molecule has 16 heavy (non-hydrogen) atoms. The summed E-state index contributed by atoms with van der Waals surface area (Å²) < 4.78 is 17.4. The third kappa shape index (κ3) is 2.05. The average Bonchev–Trinajstić information content (AvgIpc) is 2.78. The number of rotatable bonds is 3. The molecule has 0 aliphatic rings. The van der Waals surface area contributed by atoms with E-state index >= 15 is 0 Å². The molecule has 3 N–H and O–H groups in total. The van der Waals surface area contributed by atoms with E-state index in [2.05, 4.69) is 15.1 Å². The molecule has 0 radical (unpaired) electrons. The summed E-state index contributed by atoms with van der Waals surface area (Å²) in [5, 5.41) is 12.4. The normalized spacial score (nSPS) is 12.7. The quantitative estimate of drug-likeness (QED) is 0.776. The van der Waals surface area contributed by atoms with Crippen molar-refractivity contribution in [1.82, 2.24) is 15.1 Å². The Labute approximate surface area is 89.9 Å². The van der Waals surface area contributed by atoms with Crippen molar-refractivity contribution in [2.24, 2.45) is 5.73 Å². The van der Waals surface area contributed by atoms with Crippen LogP contribution in [0.15, 0.2) is 22.9 Å². The Hall–Kier alpha value is -1.86. The zero-order chi connectivity index (χ0) is 11.5. The smallest absolute Gasteiger partial charge is 0.246 e. The minimum Gasteiger partial charge on any atom is -0.394 e. The second-order valence-corrected chi connectivity index (χ2v) is 3.11. The van der Waals surface area contributed by atoms with E-state index in [0.29, 0.717) is 5.69 Å². The maximum atomic E-state index is 12.6. The third-order valence-electron chi connectivity index (χ3n) is 1.91. The Kier molecular flexibility index (Phi) is 2.88. The van der Waals surface area contributed by atoms with Gasteiger partial charge in [0.2, 0.25) is 11.7 Å². The van der Waals surface area contributed by atoms with Crippen molar-refractivity contribution < 1.29 is 14.0 Å². The predicted molar refractivity (Wildman–Crippen MR) is 51.5 cm³/mol. The Morgan fingerprint density at radius 2 is 2.31 bits per heavy atom. The summed E-state index contributed by atoms with van der Waals surface area (Å²) in [6.07, 6.45) is 1.05. The molecule has 7 heteroatoms. The molecule has 2 aromatic rings. The molecule has 0 aliphatic carbocycles. The molecular formula is C9H9FN4O2. The minimum absolute atomic E-state index is 0.114. The Balaban J connectivity index is 2.28. The summed E-state index contributed by atoms with van der Waals surface area (Å²) >= 11 is 0. The van der Waals surface area contributed by atoms with Gasteiger partial charge in [0.05, 0.1) is 12.8 Å².